The fourth-order valence-electron chi connectivity index (χ4n) is 1.66. The summed E-state index contributed by atoms with van der Waals surface area (Å²) in [7, 11) is 0. The number of aryl methyl sites for hydroxylation is 1. The molecule has 19 heavy (non-hydrogen) atoms. The van der Waals surface area contributed by atoms with Crippen molar-refractivity contribution >= 4 is 11.6 Å². The molecule has 0 amide bonds. The van der Waals surface area contributed by atoms with Crippen LogP contribution in [0.2, 0.25) is 0 Å². The van der Waals surface area contributed by atoms with Crippen LogP contribution in [0.5, 0.6) is 5.75 Å². The number of Topliss-reactive ketones (excluding diaryl/α,β-unsaturated/α-hetero) is 2. The van der Waals surface area contributed by atoms with Crippen molar-refractivity contribution in [2.24, 2.45) is 5.92 Å². The Bertz CT molecular complexity index is 541. The highest BCUT2D eigenvalue weighted by Gasteiger charge is 2.27. The molecular formula is C15H17NO3. The lowest BCUT2D eigenvalue weighted by molar-refractivity contribution is -0.137. The van der Waals surface area contributed by atoms with Gasteiger partial charge in [-0.15, -0.1) is 0 Å². The molecule has 0 saturated carbocycles. The molecule has 0 radical (unpaired) electrons. The van der Waals surface area contributed by atoms with E-state index >= 15 is 0 Å². The predicted octanol–water partition coefficient (Wildman–Crippen LogP) is 2.43. The molecule has 0 aromatic heterocycles. The lowest BCUT2D eigenvalue weighted by Gasteiger charge is -2.17. The zero-order valence-electron chi connectivity index (χ0n) is 11.6. The Hall–Kier alpha value is -2.15. The van der Waals surface area contributed by atoms with Crippen molar-refractivity contribution in [3.63, 3.8) is 0 Å². The van der Waals surface area contributed by atoms with E-state index in [2.05, 4.69) is 0 Å². The van der Waals surface area contributed by atoms with Gasteiger partial charge in [0.15, 0.2) is 11.6 Å². The summed E-state index contributed by atoms with van der Waals surface area (Å²) in [5, 5.41) is 8.89. The number of hydrogen-bond donors (Lipinski definition) is 0. The van der Waals surface area contributed by atoms with E-state index in [1.807, 2.05) is 13.0 Å². The minimum Gasteiger partial charge on any atom is -0.475 e. The van der Waals surface area contributed by atoms with Gasteiger partial charge in [0.25, 0.3) is 0 Å². The highest BCUT2D eigenvalue weighted by atomic mass is 16.5. The van der Waals surface area contributed by atoms with Crippen LogP contribution in [0.15, 0.2) is 18.2 Å². The Kier molecular flexibility index (Phi) is 4.82. The Labute approximate surface area is 113 Å². The minimum absolute atomic E-state index is 0.257. The molecule has 0 aliphatic carbocycles. The van der Waals surface area contributed by atoms with Crippen LogP contribution in [0, 0.1) is 24.2 Å². The second kappa shape index (κ2) is 6.14. The fourth-order valence-corrected chi connectivity index (χ4v) is 1.66. The monoisotopic (exact) mass is 259 g/mol. The number of carbonyl (C=O) groups excluding carboxylic acids is 2. The van der Waals surface area contributed by atoms with Gasteiger partial charge in [-0.3, -0.25) is 9.59 Å². The summed E-state index contributed by atoms with van der Waals surface area (Å²) in [6, 6.07) is 6.94. The molecule has 1 aromatic rings. The number of benzene rings is 1. The zero-order valence-corrected chi connectivity index (χ0v) is 11.6. The van der Waals surface area contributed by atoms with E-state index in [-0.39, 0.29) is 17.5 Å². The molecule has 0 bridgehead atoms. The Morgan fingerprint density at radius 2 is 1.89 bits per heavy atom. The maximum Gasteiger partial charge on any atom is 0.214 e. The van der Waals surface area contributed by atoms with Crippen molar-refractivity contribution in [1.29, 1.82) is 5.26 Å². The van der Waals surface area contributed by atoms with Crippen molar-refractivity contribution < 1.29 is 14.3 Å². The van der Waals surface area contributed by atoms with Gasteiger partial charge in [-0.2, -0.15) is 5.26 Å². The summed E-state index contributed by atoms with van der Waals surface area (Å²) in [4.78, 5) is 23.4. The molecule has 0 saturated heterocycles. The molecule has 1 atom stereocenters. The van der Waals surface area contributed by atoms with E-state index in [9.17, 15) is 9.59 Å². The molecular weight excluding hydrogens is 242 g/mol. The van der Waals surface area contributed by atoms with Gasteiger partial charge in [0.1, 0.15) is 5.75 Å². The lowest BCUT2D eigenvalue weighted by atomic mass is 10.0. The molecule has 4 nitrogen and oxygen atoms in total. The largest absolute Gasteiger partial charge is 0.475 e. The summed E-state index contributed by atoms with van der Waals surface area (Å²) in [6.45, 7) is 6.59. The average Bonchev–Trinajstić information content (AvgIpc) is 2.33. The van der Waals surface area contributed by atoms with E-state index < -0.39 is 6.10 Å². The van der Waals surface area contributed by atoms with Crippen molar-refractivity contribution in [2.75, 3.05) is 0 Å². The Morgan fingerprint density at radius 1 is 1.26 bits per heavy atom. The number of nitriles is 1. The normalized spacial score (nSPS) is 11.8. The van der Waals surface area contributed by atoms with Crippen LogP contribution < -0.4 is 4.74 Å². The van der Waals surface area contributed by atoms with Crippen LogP contribution in [0.25, 0.3) is 0 Å². The van der Waals surface area contributed by atoms with Gasteiger partial charge < -0.3 is 4.74 Å². The number of ether oxygens (including phenoxy) is 1. The predicted molar refractivity (Wildman–Crippen MR) is 70.8 cm³/mol. The van der Waals surface area contributed by atoms with Crippen LogP contribution in [0.4, 0.5) is 0 Å². The Morgan fingerprint density at radius 3 is 2.37 bits per heavy atom. The van der Waals surface area contributed by atoms with E-state index in [0.717, 1.165) is 5.56 Å². The van der Waals surface area contributed by atoms with Crippen LogP contribution in [-0.4, -0.2) is 17.7 Å². The third kappa shape index (κ3) is 3.92. The van der Waals surface area contributed by atoms with Gasteiger partial charge in [-0.1, -0.05) is 13.8 Å². The SMILES string of the molecule is CC(=O)C(Oc1cc(C)cc(C#N)c1)C(=O)C(C)C. The molecule has 100 valence electrons. The van der Waals surface area contributed by atoms with Crippen LogP contribution in [-0.2, 0) is 9.59 Å². The van der Waals surface area contributed by atoms with Gasteiger partial charge in [-0.25, -0.2) is 0 Å². The molecule has 0 aliphatic rings. The highest BCUT2D eigenvalue weighted by molar-refractivity contribution is 6.05. The molecule has 1 rings (SSSR count). The first-order valence-electron chi connectivity index (χ1n) is 6.07. The van der Waals surface area contributed by atoms with Gasteiger partial charge in [0.05, 0.1) is 11.6 Å². The first-order valence-corrected chi connectivity index (χ1v) is 6.07. The first-order chi connectivity index (χ1) is 8.85. The lowest BCUT2D eigenvalue weighted by Crippen LogP contribution is -2.37. The topological polar surface area (TPSA) is 67.2 Å². The van der Waals surface area contributed by atoms with E-state index in [4.69, 9.17) is 10.00 Å². The van der Waals surface area contributed by atoms with E-state index in [1.165, 1.54) is 13.0 Å². The number of ketones is 2. The maximum atomic E-state index is 11.9. The molecule has 4 heteroatoms. The number of carbonyl (C=O) groups is 2. The quantitative estimate of drug-likeness (QED) is 0.762. The Balaban J connectivity index is 3.04. The number of hydrogen-bond acceptors (Lipinski definition) is 4. The molecule has 1 aromatic carbocycles. The molecule has 0 fully saturated rings. The van der Waals surface area contributed by atoms with Crippen LogP contribution in [0.3, 0.4) is 0 Å². The van der Waals surface area contributed by atoms with Gasteiger partial charge in [0, 0.05) is 5.92 Å². The fraction of sp³-hybridized carbons (Fsp3) is 0.400. The maximum absolute atomic E-state index is 11.9. The molecule has 0 aliphatic heterocycles. The molecule has 0 N–H and O–H groups in total. The summed E-state index contributed by atoms with van der Waals surface area (Å²) < 4.78 is 5.47. The zero-order chi connectivity index (χ0) is 14.6. The van der Waals surface area contributed by atoms with Crippen molar-refractivity contribution in [1.82, 2.24) is 0 Å². The van der Waals surface area contributed by atoms with E-state index in [1.54, 1.807) is 26.0 Å². The molecule has 0 heterocycles. The second-order valence-electron chi connectivity index (χ2n) is 4.81. The molecule has 1 unspecified atom stereocenters. The second-order valence-corrected chi connectivity index (χ2v) is 4.81. The summed E-state index contributed by atoms with van der Waals surface area (Å²) >= 11 is 0. The third-order valence-corrected chi connectivity index (χ3v) is 2.63. The smallest absolute Gasteiger partial charge is 0.214 e. The number of rotatable bonds is 5. The summed E-state index contributed by atoms with van der Waals surface area (Å²) in [5.74, 6) is -0.508. The van der Waals surface area contributed by atoms with Gasteiger partial charge >= 0.3 is 0 Å². The number of nitrogens with zero attached hydrogens (tertiary/aromatic N) is 1. The first kappa shape index (κ1) is 14.9. The van der Waals surface area contributed by atoms with E-state index in [0.29, 0.717) is 11.3 Å². The van der Waals surface area contributed by atoms with Crippen LogP contribution in [0.1, 0.15) is 31.9 Å². The standard InChI is InChI=1S/C15H17NO3/c1-9(2)14(18)15(11(4)17)19-13-6-10(3)5-12(7-13)8-16/h5-7,9,15H,1-4H3. The van der Waals surface area contributed by atoms with Crippen molar-refractivity contribution in [2.45, 2.75) is 33.8 Å². The van der Waals surface area contributed by atoms with Crippen molar-refractivity contribution in [3.05, 3.63) is 29.3 Å². The van der Waals surface area contributed by atoms with Crippen molar-refractivity contribution in [3.8, 4) is 11.8 Å². The summed E-state index contributed by atoms with van der Waals surface area (Å²) in [5.41, 5.74) is 1.28. The third-order valence-electron chi connectivity index (χ3n) is 2.63. The van der Waals surface area contributed by atoms with Gasteiger partial charge in [0.2, 0.25) is 6.10 Å². The average molecular weight is 259 g/mol. The molecule has 0 spiro atoms. The van der Waals surface area contributed by atoms with Gasteiger partial charge in [-0.05, 0) is 37.6 Å². The minimum atomic E-state index is -1.10. The summed E-state index contributed by atoms with van der Waals surface area (Å²) in [6.07, 6.45) is -1.10. The highest BCUT2D eigenvalue weighted by Crippen LogP contribution is 2.19. The van der Waals surface area contributed by atoms with Crippen LogP contribution >= 0.6 is 0 Å².